The Labute approximate surface area is 109 Å². The molecule has 0 aromatic carbocycles. The molecule has 0 bridgehead atoms. The van der Waals surface area contributed by atoms with Crippen molar-refractivity contribution in [2.24, 2.45) is 0 Å². The van der Waals surface area contributed by atoms with E-state index in [2.05, 4.69) is 27.4 Å². The molecule has 98 valence electrons. The zero-order chi connectivity index (χ0) is 13.4. The maximum Gasteiger partial charge on any atom is 0.321 e. The summed E-state index contributed by atoms with van der Waals surface area (Å²) in [6.07, 6.45) is 3.27. The van der Waals surface area contributed by atoms with E-state index >= 15 is 0 Å². The maximum atomic E-state index is 11.4. The fourth-order valence-electron chi connectivity index (χ4n) is 1.12. The summed E-state index contributed by atoms with van der Waals surface area (Å²) in [7, 11) is 0. The highest BCUT2D eigenvalue weighted by Crippen LogP contribution is 2.13. The summed E-state index contributed by atoms with van der Waals surface area (Å²) in [5, 5.41) is 12.9. The van der Waals surface area contributed by atoms with Crippen LogP contribution in [0.1, 0.15) is 6.92 Å². The molecule has 1 aromatic rings. The van der Waals surface area contributed by atoms with Gasteiger partial charge >= 0.3 is 6.03 Å². The number of carbonyl (C=O) groups is 2. The molecule has 0 spiro atoms. The molecule has 0 saturated carbocycles. The predicted molar refractivity (Wildman–Crippen MR) is 68.2 cm³/mol. The van der Waals surface area contributed by atoms with E-state index < -0.39 is 6.03 Å². The molecule has 0 radical (unpaired) electrons. The lowest BCUT2D eigenvalue weighted by molar-refractivity contribution is -0.117. The van der Waals surface area contributed by atoms with Crippen LogP contribution in [-0.4, -0.2) is 39.0 Å². The first kappa shape index (κ1) is 14.2. The molecule has 7 nitrogen and oxygen atoms in total. The summed E-state index contributed by atoms with van der Waals surface area (Å²) >= 11 is 1.21. The molecule has 0 unspecified atom stereocenters. The summed E-state index contributed by atoms with van der Waals surface area (Å²) in [6.45, 7) is 6.44. The van der Waals surface area contributed by atoms with E-state index in [1.807, 2.05) is 0 Å². The molecule has 0 atom stereocenters. The van der Waals surface area contributed by atoms with Crippen molar-refractivity contribution >= 4 is 23.7 Å². The van der Waals surface area contributed by atoms with Crippen molar-refractivity contribution in [1.29, 1.82) is 0 Å². The maximum absolute atomic E-state index is 11.4. The van der Waals surface area contributed by atoms with Crippen LogP contribution in [0, 0.1) is 0 Å². The third-order valence-corrected chi connectivity index (χ3v) is 2.81. The van der Waals surface area contributed by atoms with E-state index in [9.17, 15) is 9.59 Å². The first-order valence-electron chi connectivity index (χ1n) is 5.36. The Morgan fingerprint density at radius 1 is 1.61 bits per heavy atom. The Hall–Kier alpha value is -1.83. The van der Waals surface area contributed by atoms with E-state index in [4.69, 9.17) is 0 Å². The van der Waals surface area contributed by atoms with Gasteiger partial charge in [0.05, 0.1) is 5.75 Å². The Kier molecular flexibility index (Phi) is 5.92. The van der Waals surface area contributed by atoms with Gasteiger partial charge in [-0.1, -0.05) is 17.8 Å². The number of urea groups is 1. The second kappa shape index (κ2) is 7.49. The van der Waals surface area contributed by atoms with E-state index in [1.165, 1.54) is 11.8 Å². The van der Waals surface area contributed by atoms with E-state index in [-0.39, 0.29) is 11.7 Å². The average molecular weight is 269 g/mol. The smallest absolute Gasteiger partial charge is 0.321 e. The molecular weight excluding hydrogens is 254 g/mol. The quantitative estimate of drug-likeness (QED) is 0.576. The molecule has 1 heterocycles. The number of allylic oxidation sites excluding steroid dienone is 1. The van der Waals surface area contributed by atoms with Crippen LogP contribution in [0.4, 0.5) is 4.79 Å². The van der Waals surface area contributed by atoms with Crippen molar-refractivity contribution in [2.45, 2.75) is 18.6 Å². The van der Waals surface area contributed by atoms with Crippen molar-refractivity contribution in [3.63, 3.8) is 0 Å². The van der Waals surface area contributed by atoms with Crippen molar-refractivity contribution in [2.75, 3.05) is 12.3 Å². The zero-order valence-electron chi connectivity index (χ0n) is 10.0. The average Bonchev–Trinajstić information content (AvgIpc) is 2.75. The van der Waals surface area contributed by atoms with Crippen molar-refractivity contribution in [3.05, 3.63) is 19.0 Å². The molecule has 18 heavy (non-hydrogen) atoms. The molecule has 8 heteroatoms. The minimum Gasteiger partial charge on any atom is -0.338 e. The highest BCUT2D eigenvalue weighted by Gasteiger charge is 2.10. The molecule has 0 saturated heterocycles. The zero-order valence-corrected chi connectivity index (χ0v) is 10.9. The van der Waals surface area contributed by atoms with Gasteiger partial charge in [0.15, 0.2) is 5.16 Å². The number of nitrogens with zero attached hydrogens (tertiary/aromatic N) is 3. The van der Waals surface area contributed by atoms with Gasteiger partial charge in [-0.3, -0.25) is 10.1 Å². The first-order chi connectivity index (χ1) is 8.67. The van der Waals surface area contributed by atoms with Gasteiger partial charge in [-0.2, -0.15) is 0 Å². The predicted octanol–water partition coefficient (Wildman–Crippen LogP) is 0.402. The molecule has 1 aromatic heterocycles. The standard InChI is InChI=1S/C10H15N5O2S/c1-3-5-15-7-12-14-10(15)18-6-8(16)13-9(17)11-4-2/h3,7H,1,4-6H2,2H3,(H2,11,13,16,17). The lowest BCUT2D eigenvalue weighted by Gasteiger charge is -2.04. The van der Waals surface area contributed by atoms with Crippen LogP contribution in [0.5, 0.6) is 0 Å². The van der Waals surface area contributed by atoms with Gasteiger partial charge in [0, 0.05) is 13.1 Å². The number of nitrogens with one attached hydrogen (secondary N) is 2. The number of hydrogen-bond acceptors (Lipinski definition) is 5. The van der Waals surface area contributed by atoms with E-state index in [0.29, 0.717) is 18.2 Å². The Balaban J connectivity index is 2.40. The van der Waals surface area contributed by atoms with Gasteiger partial charge in [-0.05, 0) is 6.92 Å². The Morgan fingerprint density at radius 3 is 3.06 bits per heavy atom. The van der Waals surface area contributed by atoms with Crippen LogP contribution >= 0.6 is 11.8 Å². The number of thioether (sulfide) groups is 1. The van der Waals surface area contributed by atoms with Crippen LogP contribution in [0.2, 0.25) is 0 Å². The van der Waals surface area contributed by atoms with Crippen LogP contribution in [0.15, 0.2) is 24.1 Å². The first-order valence-corrected chi connectivity index (χ1v) is 6.35. The van der Waals surface area contributed by atoms with Crippen LogP contribution in [0.25, 0.3) is 0 Å². The third-order valence-electron chi connectivity index (χ3n) is 1.83. The lowest BCUT2D eigenvalue weighted by atomic mass is 10.6. The van der Waals surface area contributed by atoms with Gasteiger partial charge in [-0.25, -0.2) is 4.79 Å². The van der Waals surface area contributed by atoms with Crippen molar-refractivity contribution in [3.8, 4) is 0 Å². The second-order valence-corrected chi connectivity index (χ2v) is 4.19. The molecule has 1 rings (SSSR count). The normalized spacial score (nSPS) is 9.83. The summed E-state index contributed by atoms with van der Waals surface area (Å²) in [5.41, 5.74) is 0. The minimum absolute atomic E-state index is 0.104. The SMILES string of the molecule is C=CCn1cnnc1SCC(=O)NC(=O)NCC. The summed E-state index contributed by atoms with van der Waals surface area (Å²) in [4.78, 5) is 22.5. The lowest BCUT2D eigenvalue weighted by Crippen LogP contribution is -2.40. The molecule has 0 aliphatic rings. The van der Waals surface area contributed by atoms with Gasteiger partial charge in [-0.15, -0.1) is 16.8 Å². The minimum atomic E-state index is -0.490. The Morgan fingerprint density at radius 2 is 2.39 bits per heavy atom. The van der Waals surface area contributed by atoms with Gasteiger partial charge < -0.3 is 9.88 Å². The summed E-state index contributed by atoms with van der Waals surface area (Å²) in [6, 6.07) is -0.490. The van der Waals surface area contributed by atoms with Crippen molar-refractivity contribution in [1.82, 2.24) is 25.4 Å². The number of amides is 3. The molecular formula is C10H15N5O2S. The van der Waals surface area contributed by atoms with E-state index in [0.717, 1.165) is 0 Å². The monoisotopic (exact) mass is 269 g/mol. The fraction of sp³-hybridized carbons (Fsp3) is 0.400. The Bertz CT molecular complexity index is 432. The number of carbonyl (C=O) groups excluding carboxylic acids is 2. The molecule has 0 aliphatic carbocycles. The topological polar surface area (TPSA) is 88.9 Å². The third kappa shape index (κ3) is 4.58. The highest BCUT2D eigenvalue weighted by molar-refractivity contribution is 7.99. The van der Waals surface area contributed by atoms with Crippen LogP contribution in [-0.2, 0) is 11.3 Å². The molecule has 0 aliphatic heterocycles. The molecule has 3 amide bonds. The summed E-state index contributed by atoms with van der Waals surface area (Å²) in [5.74, 6) is -0.272. The van der Waals surface area contributed by atoms with Gasteiger partial charge in [0.1, 0.15) is 6.33 Å². The van der Waals surface area contributed by atoms with Crippen LogP contribution in [0.3, 0.4) is 0 Å². The fourth-order valence-corrected chi connectivity index (χ4v) is 1.84. The molecule has 0 fully saturated rings. The second-order valence-electron chi connectivity index (χ2n) is 3.25. The van der Waals surface area contributed by atoms with Gasteiger partial charge in [0.2, 0.25) is 5.91 Å². The van der Waals surface area contributed by atoms with Gasteiger partial charge in [0.25, 0.3) is 0 Å². The van der Waals surface area contributed by atoms with E-state index in [1.54, 1.807) is 23.9 Å². The highest BCUT2D eigenvalue weighted by atomic mass is 32.2. The number of aromatic nitrogens is 3. The largest absolute Gasteiger partial charge is 0.338 e. The number of hydrogen-bond donors (Lipinski definition) is 2. The number of rotatable bonds is 6. The molecule has 2 N–H and O–H groups in total. The number of imide groups is 1. The summed E-state index contributed by atoms with van der Waals surface area (Å²) < 4.78 is 1.76. The van der Waals surface area contributed by atoms with Crippen molar-refractivity contribution < 1.29 is 9.59 Å². The van der Waals surface area contributed by atoms with Crippen LogP contribution < -0.4 is 10.6 Å².